The van der Waals surface area contributed by atoms with Crippen molar-refractivity contribution in [3.8, 4) is 0 Å². The summed E-state index contributed by atoms with van der Waals surface area (Å²) in [6.45, 7) is 1.50. The molecule has 0 bridgehead atoms. The SMILES string of the molecule is Cc1cc(C(=O)c2cc(F)c(F)cc2Cl)ccc1F. The monoisotopic (exact) mass is 284 g/mol. The number of carbonyl (C=O) groups excluding carboxylic acids is 1. The molecule has 0 unspecified atom stereocenters. The van der Waals surface area contributed by atoms with E-state index in [-0.39, 0.29) is 21.7 Å². The van der Waals surface area contributed by atoms with Gasteiger partial charge in [-0.15, -0.1) is 0 Å². The molecule has 0 saturated heterocycles. The molecular weight excluding hydrogens is 277 g/mol. The predicted octanol–water partition coefficient (Wildman–Crippen LogP) is 4.30. The van der Waals surface area contributed by atoms with Crippen molar-refractivity contribution in [2.75, 3.05) is 0 Å². The highest BCUT2D eigenvalue weighted by molar-refractivity contribution is 6.35. The molecule has 0 heterocycles. The summed E-state index contributed by atoms with van der Waals surface area (Å²) in [5, 5.41) is -0.189. The van der Waals surface area contributed by atoms with Crippen LogP contribution in [0.3, 0.4) is 0 Å². The van der Waals surface area contributed by atoms with Crippen LogP contribution in [0.4, 0.5) is 13.2 Å². The first-order valence-corrected chi connectivity index (χ1v) is 5.73. The van der Waals surface area contributed by atoms with E-state index in [2.05, 4.69) is 0 Å². The Hall–Kier alpha value is -1.81. The molecule has 0 amide bonds. The molecule has 0 saturated carbocycles. The minimum Gasteiger partial charge on any atom is -0.289 e. The van der Waals surface area contributed by atoms with Gasteiger partial charge in [-0.2, -0.15) is 0 Å². The zero-order valence-electron chi connectivity index (χ0n) is 9.81. The lowest BCUT2D eigenvalue weighted by Crippen LogP contribution is -2.04. The molecule has 0 N–H and O–H groups in total. The van der Waals surface area contributed by atoms with E-state index in [4.69, 9.17) is 11.6 Å². The lowest BCUT2D eigenvalue weighted by molar-refractivity contribution is 0.103. The lowest BCUT2D eigenvalue weighted by Gasteiger charge is -2.06. The van der Waals surface area contributed by atoms with Crippen LogP contribution in [0.2, 0.25) is 5.02 Å². The average molecular weight is 285 g/mol. The molecule has 2 aromatic rings. The number of halogens is 4. The third-order valence-corrected chi connectivity index (χ3v) is 2.99. The smallest absolute Gasteiger partial charge is 0.194 e. The van der Waals surface area contributed by atoms with Crippen LogP contribution in [0.15, 0.2) is 30.3 Å². The lowest BCUT2D eigenvalue weighted by atomic mass is 10.0. The molecule has 0 fully saturated rings. The van der Waals surface area contributed by atoms with Crippen molar-refractivity contribution >= 4 is 17.4 Å². The molecule has 0 spiro atoms. The molecule has 0 aliphatic heterocycles. The molecule has 0 aromatic heterocycles. The maximum Gasteiger partial charge on any atom is 0.194 e. The van der Waals surface area contributed by atoms with Crippen molar-refractivity contribution in [3.05, 3.63) is 69.5 Å². The predicted molar refractivity (Wildman–Crippen MR) is 65.9 cm³/mol. The number of rotatable bonds is 2. The molecule has 0 aliphatic carbocycles. The van der Waals surface area contributed by atoms with Gasteiger partial charge in [0.1, 0.15) is 5.82 Å². The summed E-state index contributed by atoms with van der Waals surface area (Å²) in [4.78, 5) is 12.1. The van der Waals surface area contributed by atoms with Crippen LogP contribution >= 0.6 is 11.6 Å². The molecule has 5 heteroatoms. The molecule has 0 atom stereocenters. The van der Waals surface area contributed by atoms with Gasteiger partial charge in [-0.25, -0.2) is 13.2 Å². The first kappa shape index (κ1) is 13.6. The van der Waals surface area contributed by atoms with Crippen LogP contribution in [0.1, 0.15) is 21.5 Å². The third-order valence-electron chi connectivity index (χ3n) is 2.67. The van der Waals surface area contributed by atoms with E-state index in [1.807, 2.05) is 0 Å². The normalized spacial score (nSPS) is 10.6. The fourth-order valence-corrected chi connectivity index (χ4v) is 1.87. The van der Waals surface area contributed by atoms with Gasteiger partial charge in [0.2, 0.25) is 0 Å². The van der Waals surface area contributed by atoms with Crippen molar-refractivity contribution in [3.63, 3.8) is 0 Å². The van der Waals surface area contributed by atoms with Gasteiger partial charge < -0.3 is 0 Å². The van der Waals surface area contributed by atoms with Crippen LogP contribution in [0.25, 0.3) is 0 Å². The maximum atomic E-state index is 13.1. The van der Waals surface area contributed by atoms with Gasteiger partial charge in [0, 0.05) is 11.1 Å². The summed E-state index contributed by atoms with van der Waals surface area (Å²) in [7, 11) is 0. The second kappa shape index (κ2) is 5.05. The average Bonchev–Trinajstić information content (AvgIpc) is 2.36. The molecular formula is C14H8ClF3O. The Labute approximate surface area is 112 Å². The minimum atomic E-state index is -1.16. The van der Waals surface area contributed by atoms with Crippen LogP contribution < -0.4 is 0 Å². The Kier molecular flexibility index (Phi) is 3.62. The van der Waals surface area contributed by atoms with Gasteiger partial charge in [-0.3, -0.25) is 4.79 Å². The molecule has 0 radical (unpaired) electrons. The van der Waals surface area contributed by atoms with Crippen LogP contribution in [-0.2, 0) is 0 Å². The largest absolute Gasteiger partial charge is 0.289 e. The second-order valence-corrected chi connectivity index (χ2v) is 4.45. The number of benzene rings is 2. The Morgan fingerprint density at radius 3 is 2.26 bits per heavy atom. The molecule has 2 rings (SSSR count). The third kappa shape index (κ3) is 2.63. The van der Waals surface area contributed by atoms with E-state index in [1.54, 1.807) is 0 Å². The number of hydrogen-bond donors (Lipinski definition) is 0. The van der Waals surface area contributed by atoms with Gasteiger partial charge in [0.05, 0.1) is 5.02 Å². The quantitative estimate of drug-likeness (QED) is 0.594. The highest BCUT2D eigenvalue weighted by Gasteiger charge is 2.17. The molecule has 19 heavy (non-hydrogen) atoms. The van der Waals surface area contributed by atoms with E-state index in [0.717, 1.165) is 18.2 Å². The Morgan fingerprint density at radius 1 is 1.00 bits per heavy atom. The molecule has 0 aliphatic rings. The van der Waals surface area contributed by atoms with Crippen LogP contribution in [-0.4, -0.2) is 5.78 Å². The Bertz CT molecular complexity index is 668. The van der Waals surface area contributed by atoms with E-state index in [0.29, 0.717) is 0 Å². The minimum absolute atomic E-state index is 0.159. The van der Waals surface area contributed by atoms with E-state index >= 15 is 0 Å². The van der Waals surface area contributed by atoms with Gasteiger partial charge in [-0.05, 0) is 42.8 Å². The van der Waals surface area contributed by atoms with Crippen LogP contribution in [0, 0.1) is 24.4 Å². The first-order valence-electron chi connectivity index (χ1n) is 5.35. The van der Waals surface area contributed by atoms with E-state index < -0.39 is 23.2 Å². The summed E-state index contributed by atoms with van der Waals surface area (Å²) in [5.41, 5.74) is 0.280. The Morgan fingerprint density at radius 2 is 1.63 bits per heavy atom. The highest BCUT2D eigenvalue weighted by atomic mass is 35.5. The summed E-state index contributed by atoms with van der Waals surface area (Å²) in [6, 6.07) is 5.20. The molecule has 98 valence electrons. The summed E-state index contributed by atoms with van der Waals surface area (Å²) >= 11 is 5.72. The van der Waals surface area contributed by atoms with Gasteiger partial charge in [-0.1, -0.05) is 11.6 Å². The maximum absolute atomic E-state index is 13.1. The number of aryl methyl sites for hydroxylation is 1. The standard InChI is InChI=1S/C14H8ClF3O/c1-7-4-8(2-3-11(7)16)14(19)9-5-12(17)13(18)6-10(9)15/h2-6H,1H3. The van der Waals surface area contributed by atoms with E-state index in [9.17, 15) is 18.0 Å². The number of ketones is 1. The zero-order valence-corrected chi connectivity index (χ0v) is 10.6. The van der Waals surface area contributed by atoms with Crippen LogP contribution in [0.5, 0.6) is 0 Å². The molecule has 2 aromatic carbocycles. The van der Waals surface area contributed by atoms with Gasteiger partial charge in [0.25, 0.3) is 0 Å². The van der Waals surface area contributed by atoms with Gasteiger partial charge >= 0.3 is 0 Å². The fourth-order valence-electron chi connectivity index (χ4n) is 1.64. The summed E-state index contributed by atoms with van der Waals surface area (Å²) in [5.74, 6) is -3.33. The summed E-state index contributed by atoms with van der Waals surface area (Å²) in [6.07, 6.45) is 0. The number of carbonyl (C=O) groups is 1. The van der Waals surface area contributed by atoms with Crippen molar-refractivity contribution < 1.29 is 18.0 Å². The summed E-state index contributed by atoms with van der Waals surface area (Å²) < 4.78 is 39.2. The Balaban J connectivity index is 2.49. The van der Waals surface area contributed by atoms with Crippen molar-refractivity contribution in [2.24, 2.45) is 0 Å². The molecule has 1 nitrogen and oxygen atoms in total. The van der Waals surface area contributed by atoms with Crippen molar-refractivity contribution in [2.45, 2.75) is 6.92 Å². The fraction of sp³-hybridized carbons (Fsp3) is 0.0714. The van der Waals surface area contributed by atoms with Crippen molar-refractivity contribution in [1.29, 1.82) is 0 Å². The zero-order chi connectivity index (χ0) is 14.2. The van der Waals surface area contributed by atoms with E-state index in [1.165, 1.54) is 19.1 Å². The number of hydrogen-bond acceptors (Lipinski definition) is 1. The van der Waals surface area contributed by atoms with Crippen molar-refractivity contribution in [1.82, 2.24) is 0 Å². The second-order valence-electron chi connectivity index (χ2n) is 4.04. The van der Waals surface area contributed by atoms with Gasteiger partial charge in [0.15, 0.2) is 17.4 Å². The topological polar surface area (TPSA) is 17.1 Å². The first-order chi connectivity index (χ1) is 8.90. The highest BCUT2D eigenvalue weighted by Crippen LogP contribution is 2.23.